The maximum atomic E-state index is 12.1. The van der Waals surface area contributed by atoms with Crippen molar-refractivity contribution in [2.45, 2.75) is 5.92 Å². The summed E-state index contributed by atoms with van der Waals surface area (Å²) in [7, 11) is 0. The smallest absolute Gasteiger partial charge is 0.238 e. The number of benzene rings is 1. The zero-order chi connectivity index (χ0) is 17.2. The van der Waals surface area contributed by atoms with Gasteiger partial charge in [-0.3, -0.25) is 9.69 Å². The third kappa shape index (κ3) is 3.73. The fraction of sp³-hybridized carbons (Fsp3) is 0.235. The average Bonchev–Trinajstić information content (AvgIpc) is 3.23. The Morgan fingerprint density at radius 3 is 2.84 bits per heavy atom. The van der Waals surface area contributed by atoms with Gasteiger partial charge in [-0.05, 0) is 35.7 Å². The zero-order valence-corrected chi connectivity index (χ0v) is 14.8. The second kappa shape index (κ2) is 6.95. The number of aromatic nitrogens is 2. The molecular formula is C17H15ClN4O2S. The maximum Gasteiger partial charge on any atom is 0.238 e. The lowest BCUT2D eigenvalue weighted by atomic mass is 10.0. The molecule has 8 heteroatoms. The molecule has 1 aromatic carbocycles. The normalized spacial score (nSPS) is 15.1. The molecule has 0 spiro atoms. The van der Waals surface area contributed by atoms with Crippen LogP contribution in [0.15, 0.2) is 46.3 Å². The van der Waals surface area contributed by atoms with Gasteiger partial charge in [0, 0.05) is 23.8 Å². The molecular weight excluding hydrogens is 360 g/mol. The molecule has 4 rings (SSSR count). The summed E-state index contributed by atoms with van der Waals surface area (Å²) in [6, 6.07) is 11.0. The molecule has 3 heterocycles. The molecule has 0 bridgehead atoms. The molecule has 0 radical (unpaired) electrons. The Morgan fingerprint density at radius 1 is 1.32 bits per heavy atom. The molecule has 1 N–H and O–H groups in total. The predicted octanol–water partition coefficient (Wildman–Crippen LogP) is 3.49. The van der Waals surface area contributed by atoms with E-state index >= 15 is 0 Å². The highest BCUT2D eigenvalue weighted by molar-refractivity contribution is 7.13. The SMILES string of the molecule is O=C(CN1CC(c2nc(-c3cccs3)no2)C1)Nc1ccc(Cl)cc1. The summed E-state index contributed by atoms with van der Waals surface area (Å²) in [6.45, 7) is 1.81. The maximum absolute atomic E-state index is 12.1. The Labute approximate surface area is 153 Å². The van der Waals surface area contributed by atoms with Crippen LogP contribution in [0.25, 0.3) is 10.7 Å². The van der Waals surface area contributed by atoms with Crippen LogP contribution in [0.5, 0.6) is 0 Å². The number of likely N-dealkylation sites (tertiary alicyclic amines) is 1. The van der Waals surface area contributed by atoms with E-state index < -0.39 is 0 Å². The monoisotopic (exact) mass is 374 g/mol. The standard InChI is InChI=1S/C17H15ClN4O2S/c18-12-3-5-13(6-4-12)19-15(23)10-22-8-11(9-22)17-20-16(21-24-17)14-2-1-7-25-14/h1-7,11H,8-10H2,(H,19,23). The molecule has 1 saturated heterocycles. The van der Waals surface area contributed by atoms with Crippen molar-refractivity contribution in [3.05, 3.63) is 52.7 Å². The predicted molar refractivity (Wildman–Crippen MR) is 96.9 cm³/mol. The Kier molecular flexibility index (Phi) is 4.52. The number of thiophene rings is 1. The lowest BCUT2D eigenvalue weighted by Gasteiger charge is -2.36. The molecule has 0 saturated carbocycles. The Balaban J connectivity index is 1.27. The molecule has 1 amide bonds. The van der Waals surface area contributed by atoms with Crippen LogP contribution in [0.4, 0.5) is 5.69 Å². The number of amides is 1. The van der Waals surface area contributed by atoms with Gasteiger partial charge in [0.25, 0.3) is 0 Å². The lowest BCUT2D eigenvalue weighted by Crippen LogP contribution is -2.48. The highest BCUT2D eigenvalue weighted by Gasteiger charge is 2.33. The minimum Gasteiger partial charge on any atom is -0.339 e. The van der Waals surface area contributed by atoms with Crippen molar-refractivity contribution in [3.63, 3.8) is 0 Å². The highest BCUT2D eigenvalue weighted by Crippen LogP contribution is 2.28. The van der Waals surface area contributed by atoms with Crippen LogP contribution in [0.1, 0.15) is 11.8 Å². The van der Waals surface area contributed by atoms with Crippen LogP contribution in [-0.4, -0.2) is 40.6 Å². The van der Waals surface area contributed by atoms with Gasteiger partial charge >= 0.3 is 0 Å². The molecule has 3 aromatic rings. The van der Waals surface area contributed by atoms with E-state index in [9.17, 15) is 4.79 Å². The second-order valence-electron chi connectivity index (χ2n) is 5.88. The van der Waals surface area contributed by atoms with E-state index in [0.717, 1.165) is 23.7 Å². The number of carbonyl (C=O) groups excluding carboxylic acids is 1. The van der Waals surface area contributed by atoms with Crippen LogP contribution >= 0.6 is 22.9 Å². The van der Waals surface area contributed by atoms with Gasteiger partial charge in [0.15, 0.2) is 0 Å². The van der Waals surface area contributed by atoms with E-state index in [1.54, 1.807) is 35.6 Å². The van der Waals surface area contributed by atoms with Crippen LogP contribution in [0.2, 0.25) is 5.02 Å². The molecule has 1 aliphatic heterocycles. The first-order valence-corrected chi connectivity index (χ1v) is 9.08. The van der Waals surface area contributed by atoms with E-state index in [0.29, 0.717) is 23.3 Å². The number of anilines is 1. The van der Waals surface area contributed by atoms with E-state index in [1.165, 1.54) is 0 Å². The van der Waals surface area contributed by atoms with Crippen molar-refractivity contribution >= 4 is 34.5 Å². The number of hydrogen-bond acceptors (Lipinski definition) is 6. The van der Waals surface area contributed by atoms with Gasteiger partial charge in [-0.25, -0.2) is 0 Å². The van der Waals surface area contributed by atoms with Crippen molar-refractivity contribution in [1.29, 1.82) is 0 Å². The van der Waals surface area contributed by atoms with Crippen molar-refractivity contribution in [2.75, 3.05) is 25.0 Å². The number of nitrogens with one attached hydrogen (secondary N) is 1. The summed E-state index contributed by atoms with van der Waals surface area (Å²) >= 11 is 7.41. The van der Waals surface area contributed by atoms with Gasteiger partial charge in [0.1, 0.15) is 0 Å². The van der Waals surface area contributed by atoms with Gasteiger partial charge in [0.2, 0.25) is 17.6 Å². The molecule has 1 fully saturated rings. The second-order valence-corrected chi connectivity index (χ2v) is 7.26. The van der Waals surface area contributed by atoms with E-state index in [4.69, 9.17) is 16.1 Å². The quantitative estimate of drug-likeness (QED) is 0.740. The van der Waals surface area contributed by atoms with Crippen molar-refractivity contribution in [1.82, 2.24) is 15.0 Å². The summed E-state index contributed by atoms with van der Waals surface area (Å²) in [5, 5.41) is 9.51. The number of carbonyl (C=O) groups is 1. The van der Waals surface area contributed by atoms with Gasteiger partial charge in [-0.2, -0.15) is 4.98 Å². The summed E-state index contributed by atoms with van der Waals surface area (Å²) in [6.07, 6.45) is 0. The Morgan fingerprint density at radius 2 is 2.12 bits per heavy atom. The van der Waals surface area contributed by atoms with Gasteiger partial charge in [-0.1, -0.05) is 22.8 Å². The van der Waals surface area contributed by atoms with E-state index in [2.05, 4.69) is 15.5 Å². The summed E-state index contributed by atoms with van der Waals surface area (Å²) in [5.41, 5.74) is 0.740. The molecule has 0 unspecified atom stereocenters. The first-order valence-electron chi connectivity index (χ1n) is 7.82. The zero-order valence-electron chi connectivity index (χ0n) is 13.2. The summed E-state index contributed by atoms with van der Waals surface area (Å²) in [4.78, 5) is 19.6. The minimum absolute atomic E-state index is 0.0504. The molecule has 128 valence electrons. The lowest BCUT2D eigenvalue weighted by molar-refractivity contribution is -0.118. The first kappa shape index (κ1) is 16.3. The van der Waals surface area contributed by atoms with Crippen molar-refractivity contribution in [2.24, 2.45) is 0 Å². The van der Waals surface area contributed by atoms with E-state index in [-0.39, 0.29) is 11.8 Å². The van der Waals surface area contributed by atoms with Gasteiger partial charge in [-0.15, -0.1) is 11.3 Å². The minimum atomic E-state index is -0.0504. The number of hydrogen-bond donors (Lipinski definition) is 1. The molecule has 25 heavy (non-hydrogen) atoms. The molecule has 0 atom stereocenters. The number of halogens is 1. The van der Waals surface area contributed by atoms with Crippen LogP contribution < -0.4 is 5.32 Å². The summed E-state index contributed by atoms with van der Waals surface area (Å²) < 4.78 is 5.36. The molecule has 1 aliphatic rings. The van der Waals surface area contributed by atoms with Gasteiger partial charge < -0.3 is 9.84 Å². The van der Waals surface area contributed by atoms with Crippen molar-refractivity contribution in [3.8, 4) is 10.7 Å². The fourth-order valence-electron chi connectivity index (χ4n) is 2.70. The number of rotatable bonds is 5. The Bertz CT molecular complexity index is 857. The fourth-order valence-corrected chi connectivity index (χ4v) is 3.47. The largest absolute Gasteiger partial charge is 0.339 e. The van der Waals surface area contributed by atoms with E-state index in [1.807, 2.05) is 22.4 Å². The van der Waals surface area contributed by atoms with Crippen LogP contribution in [-0.2, 0) is 4.79 Å². The highest BCUT2D eigenvalue weighted by atomic mass is 35.5. The van der Waals surface area contributed by atoms with Crippen LogP contribution in [0.3, 0.4) is 0 Å². The topological polar surface area (TPSA) is 71.3 Å². The third-order valence-corrected chi connectivity index (χ3v) is 5.10. The average molecular weight is 375 g/mol. The van der Waals surface area contributed by atoms with Gasteiger partial charge in [0.05, 0.1) is 17.3 Å². The summed E-state index contributed by atoms with van der Waals surface area (Å²) in [5.74, 6) is 1.40. The third-order valence-electron chi connectivity index (χ3n) is 3.98. The first-order chi connectivity index (χ1) is 12.2. The molecule has 6 nitrogen and oxygen atoms in total. The number of nitrogens with zero attached hydrogens (tertiary/aromatic N) is 3. The van der Waals surface area contributed by atoms with Crippen LogP contribution in [0, 0.1) is 0 Å². The van der Waals surface area contributed by atoms with Crippen molar-refractivity contribution < 1.29 is 9.32 Å². The molecule has 2 aromatic heterocycles. The Hall–Kier alpha value is -2.22. The molecule has 0 aliphatic carbocycles.